The van der Waals surface area contributed by atoms with E-state index < -0.39 is 0 Å². The highest BCUT2D eigenvalue weighted by atomic mass is 16.5. The lowest BCUT2D eigenvalue weighted by molar-refractivity contribution is 0.00749. The van der Waals surface area contributed by atoms with Gasteiger partial charge in [0, 0.05) is 26.2 Å². The fourth-order valence-corrected chi connectivity index (χ4v) is 3.46. The summed E-state index contributed by atoms with van der Waals surface area (Å²) in [6.07, 6.45) is 8.73. The lowest BCUT2D eigenvalue weighted by Crippen LogP contribution is -2.50. The van der Waals surface area contributed by atoms with Crippen molar-refractivity contribution in [3.05, 3.63) is 0 Å². The number of hydrogen-bond acceptors (Lipinski definition) is 3. The molecule has 1 aliphatic carbocycles. The van der Waals surface area contributed by atoms with Crippen molar-refractivity contribution in [3.8, 4) is 0 Å². The van der Waals surface area contributed by atoms with Gasteiger partial charge in [-0.2, -0.15) is 0 Å². The number of rotatable bonds is 4. The molecule has 16 heavy (non-hydrogen) atoms. The molecule has 2 fully saturated rings. The molecule has 3 atom stereocenters. The predicted octanol–water partition coefficient (Wildman–Crippen LogP) is 1.61. The topological polar surface area (TPSA) is 38.5 Å². The van der Waals surface area contributed by atoms with Crippen LogP contribution in [0.25, 0.3) is 0 Å². The van der Waals surface area contributed by atoms with E-state index in [-0.39, 0.29) is 6.10 Å². The van der Waals surface area contributed by atoms with Crippen molar-refractivity contribution in [2.24, 2.45) is 11.7 Å². The molecule has 0 aromatic carbocycles. The molecule has 3 nitrogen and oxygen atoms in total. The zero-order chi connectivity index (χ0) is 11.4. The van der Waals surface area contributed by atoms with Crippen molar-refractivity contribution in [1.29, 1.82) is 0 Å². The first-order valence-corrected chi connectivity index (χ1v) is 6.82. The molecule has 1 heterocycles. The Hall–Kier alpha value is -0.120. The molecular weight excluding hydrogens is 200 g/mol. The SMILES string of the molecule is COC(CN)CN1CCCC2CCCCC21. The highest BCUT2D eigenvalue weighted by molar-refractivity contribution is 4.88. The third-order valence-corrected chi connectivity index (χ3v) is 4.39. The van der Waals surface area contributed by atoms with Crippen LogP contribution in [-0.4, -0.2) is 43.8 Å². The molecule has 0 spiro atoms. The van der Waals surface area contributed by atoms with Gasteiger partial charge in [-0.3, -0.25) is 4.90 Å². The van der Waals surface area contributed by atoms with E-state index in [9.17, 15) is 0 Å². The number of nitrogens with two attached hydrogens (primary N) is 1. The molecule has 2 rings (SSSR count). The lowest BCUT2D eigenvalue weighted by Gasteiger charge is -2.45. The van der Waals surface area contributed by atoms with Crippen LogP contribution in [0.2, 0.25) is 0 Å². The van der Waals surface area contributed by atoms with Crippen LogP contribution in [0.5, 0.6) is 0 Å². The predicted molar refractivity (Wildman–Crippen MR) is 66.4 cm³/mol. The lowest BCUT2D eigenvalue weighted by atomic mass is 9.78. The first kappa shape index (κ1) is 12.3. The second-order valence-electron chi connectivity index (χ2n) is 5.34. The fourth-order valence-electron chi connectivity index (χ4n) is 3.46. The zero-order valence-electron chi connectivity index (χ0n) is 10.5. The minimum atomic E-state index is 0.223. The van der Waals surface area contributed by atoms with Crippen LogP contribution in [0.3, 0.4) is 0 Å². The van der Waals surface area contributed by atoms with Gasteiger partial charge >= 0.3 is 0 Å². The molecule has 0 bridgehead atoms. The molecule has 1 saturated heterocycles. The van der Waals surface area contributed by atoms with Crippen LogP contribution in [0.1, 0.15) is 38.5 Å². The Bertz CT molecular complexity index is 204. The van der Waals surface area contributed by atoms with Crippen molar-refractivity contribution in [2.45, 2.75) is 50.7 Å². The van der Waals surface area contributed by atoms with E-state index in [0.29, 0.717) is 6.54 Å². The van der Waals surface area contributed by atoms with Gasteiger partial charge < -0.3 is 10.5 Å². The molecule has 1 aliphatic heterocycles. The van der Waals surface area contributed by atoms with Crippen LogP contribution < -0.4 is 5.73 Å². The Morgan fingerprint density at radius 3 is 2.75 bits per heavy atom. The summed E-state index contributed by atoms with van der Waals surface area (Å²) in [5, 5.41) is 0. The van der Waals surface area contributed by atoms with E-state index >= 15 is 0 Å². The van der Waals surface area contributed by atoms with Gasteiger partial charge in [-0.1, -0.05) is 12.8 Å². The number of piperidine rings is 1. The van der Waals surface area contributed by atoms with E-state index in [1.54, 1.807) is 7.11 Å². The molecule has 0 amide bonds. The summed E-state index contributed by atoms with van der Waals surface area (Å²) in [4.78, 5) is 2.65. The molecular formula is C13H26N2O. The van der Waals surface area contributed by atoms with E-state index in [1.807, 2.05) is 0 Å². The summed E-state index contributed by atoms with van der Waals surface area (Å²) in [6.45, 7) is 2.93. The van der Waals surface area contributed by atoms with Crippen LogP contribution in [0.15, 0.2) is 0 Å². The molecule has 2 aliphatic rings. The smallest absolute Gasteiger partial charge is 0.0820 e. The van der Waals surface area contributed by atoms with E-state index in [0.717, 1.165) is 18.5 Å². The van der Waals surface area contributed by atoms with E-state index in [2.05, 4.69) is 4.90 Å². The van der Waals surface area contributed by atoms with Crippen molar-refractivity contribution >= 4 is 0 Å². The average molecular weight is 226 g/mol. The standard InChI is InChI=1S/C13H26N2O/c1-16-12(9-14)10-15-8-4-6-11-5-2-3-7-13(11)15/h11-13H,2-10,14H2,1H3. The molecule has 0 aromatic heterocycles. The molecule has 0 radical (unpaired) electrons. The Morgan fingerprint density at radius 2 is 2.00 bits per heavy atom. The Labute approximate surface area is 99.3 Å². The normalized spacial score (nSPS) is 33.4. The monoisotopic (exact) mass is 226 g/mol. The summed E-state index contributed by atoms with van der Waals surface area (Å²) >= 11 is 0. The zero-order valence-corrected chi connectivity index (χ0v) is 10.5. The van der Waals surface area contributed by atoms with Gasteiger partial charge in [-0.05, 0) is 38.1 Å². The average Bonchev–Trinajstić information content (AvgIpc) is 2.36. The molecule has 2 N–H and O–H groups in total. The summed E-state index contributed by atoms with van der Waals surface area (Å²) in [5.41, 5.74) is 5.72. The number of nitrogens with zero attached hydrogens (tertiary/aromatic N) is 1. The van der Waals surface area contributed by atoms with Gasteiger partial charge in [0.15, 0.2) is 0 Å². The number of methoxy groups -OCH3 is 1. The number of hydrogen-bond donors (Lipinski definition) is 1. The van der Waals surface area contributed by atoms with E-state index in [1.165, 1.54) is 45.1 Å². The minimum Gasteiger partial charge on any atom is -0.379 e. The number of fused-ring (bicyclic) bond motifs is 1. The Balaban J connectivity index is 1.91. The molecule has 3 unspecified atom stereocenters. The minimum absolute atomic E-state index is 0.223. The number of ether oxygens (including phenoxy) is 1. The quantitative estimate of drug-likeness (QED) is 0.791. The van der Waals surface area contributed by atoms with E-state index in [4.69, 9.17) is 10.5 Å². The summed E-state index contributed by atoms with van der Waals surface area (Å²) < 4.78 is 5.42. The second kappa shape index (κ2) is 5.99. The van der Waals surface area contributed by atoms with Gasteiger partial charge in [-0.25, -0.2) is 0 Å². The van der Waals surface area contributed by atoms with Gasteiger partial charge in [-0.15, -0.1) is 0 Å². The maximum atomic E-state index is 5.72. The summed E-state index contributed by atoms with van der Waals surface area (Å²) in [5.74, 6) is 0.956. The highest BCUT2D eigenvalue weighted by Crippen LogP contribution is 2.35. The maximum Gasteiger partial charge on any atom is 0.0820 e. The van der Waals surface area contributed by atoms with Crippen molar-refractivity contribution in [1.82, 2.24) is 4.90 Å². The first-order valence-electron chi connectivity index (χ1n) is 6.82. The summed E-state index contributed by atoms with van der Waals surface area (Å²) in [7, 11) is 1.78. The van der Waals surface area contributed by atoms with Crippen molar-refractivity contribution in [3.63, 3.8) is 0 Å². The molecule has 94 valence electrons. The third-order valence-electron chi connectivity index (χ3n) is 4.39. The van der Waals surface area contributed by atoms with Crippen LogP contribution in [0, 0.1) is 5.92 Å². The van der Waals surface area contributed by atoms with Crippen LogP contribution in [-0.2, 0) is 4.74 Å². The Morgan fingerprint density at radius 1 is 1.25 bits per heavy atom. The van der Waals surface area contributed by atoms with Gasteiger partial charge in [0.25, 0.3) is 0 Å². The van der Waals surface area contributed by atoms with Crippen molar-refractivity contribution in [2.75, 3.05) is 26.7 Å². The molecule has 0 aromatic rings. The van der Waals surface area contributed by atoms with Crippen LogP contribution >= 0.6 is 0 Å². The van der Waals surface area contributed by atoms with Crippen molar-refractivity contribution < 1.29 is 4.74 Å². The molecule has 1 saturated carbocycles. The van der Waals surface area contributed by atoms with Crippen LogP contribution in [0.4, 0.5) is 0 Å². The number of likely N-dealkylation sites (tertiary alicyclic amines) is 1. The van der Waals surface area contributed by atoms with Gasteiger partial charge in [0.2, 0.25) is 0 Å². The van der Waals surface area contributed by atoms with Gasteiger partial charge in [0.1, 0.15) is 0 Å². The first-order chi connectivity index (χ1) is 7.85. The summed E-state index contributed by atoms with van der Waals surface area (Å²) in [6, 6.07) is 0.826. The Kier molecular flexibility index (Phi) is 4.62. The maximum absolute atomic E-state index is 5.72. The largest absolute Gasteiger partial charge is 0.379 e. The fraction of sp³-hybridized carbons (Fsp3) is 1.00. The van der Waals surface area contributed by atoms with Gasteiger partial charge in [0.05, 0.1) is 6.10 Å². The molecule has 3 heteroatoms. The second-order valence-corrected chi connectivity index (χ2v) is 5.34. The third kappa shape index (κ3) is 2.76. The highest BCUT2D eigenvalue weighted by Gasteiger charge is 2.33.